The number of ether oxygens (including phenoxy) is 1. The first-order chi connectivity index (χ1) is 13.4. The highest BCUT2D eigenvalue weighted by Gasteiger charge is 2.45. The van der Waals surface area contributed by atoms with Crippen LogP contribution in [-0.2, 0) is 9.16 Å². The zero-order chi connectivity index (χ0) is 22.0. The second kappa shape index (κ2) is 8.97. The molecule has 1 saturated heterocycles. The molecule has 0 radical (unpaired) electrons. The van der Waals surface area contributed by atoms with Crippen LogP contribution in [-0.4, -0.2) is 47.6 Å². The summed E-state index contributed by atoms with van der Waals surface area (Å²) in [6.07, 6.45) is 3.95. The molecule has 1 N–H and O–H groups in total. The van der Waals surface area contributed by atoms with Crippen LogP contribution in [0.1, 0.15) is 58.7 Å². The third-order valence-electron chi connectivity index (χ3n) is 6.00. The van der Waals surface area contributed by atoms with Gasteiger partial charge in [-0.05, 0) is 31.5 Å². The van der Waals surface area contributed by atoms with Crippen molar-refractivity contribution < 1.29 is 13.9 Å². The lowest BCUT2D eigenvalue weighted by Crippen LogP contribution is -2.45. The molecule has 29 heavy (non-hydrogen) atoms. The smallest absolute Gasteiger partial charge is 0.330 e. The molecule has 2 rings (SSSR count). The number of rotatable bonds is 7. The van der Waals surface area contributed by atoms with Gasteiger partial charge in [0.05, 0.1) is 13.0 Å². The van der Waals surface area contributed by atoms with E-state index in [4.69, 9.17) is 9.16 Å². The highest BCUT2D eigenvalue weighted by atomic mass is 28.4. The summed E-state index contributed by atoms with van der Waals surface area (Å²) in [6, 6.07) is -0.449. The van der Waals surface area contributed by atoms with Crippen molar-refractivity contribution in [1.29, 1.82) is 0 Å². The van der Waals surface area contributed by atoms with Gasteiger partial charge in [0.2, 0.25) is 0 Å². The van der Waals surface area contributed by atoms with E-state index >= 15 is 0 Å². The van der Waals surface area contributed by atoms with Gasteiger partial charge in [-0.1, -0.05) is 27.7 Å². The van der Waals surface area contributed by atoms with Gasteiger partial charge < -0.3 is 14.4 Å². The minimum atomic E-state index is -2.02. The number of hydrogen-bond acceptors (Lipinski definition) is 5. The van der Waals surface area contributed by atoms with E-state index < -0.39 is 37.9 Å². The van der Waals surface area contributed by atoms with Gasteiger partial charge in [-0.25, -0.2) is 9.53 Å². The highest BCUT2D eigenvalue weighted by molar-refractivity contribution is 6.74. The van der Waals surface area contributed by atoms with Crippen LogP contribution in [0.15, 0.2) is 15.8 Å². The largest absolute Gasteiger partial charge is 0.624 e. The van der Waals surface area contributed by atoms with Crippen LogP contribution >= 0.6 is 0 Å². The molecule has 164 valence electrons. The van der Waals surface area contributed by atoms with E-state index in [-0.39, 0.29) is 5.04 Å². The Morgan fingerprint density at radius 1 is 1.41 bits per heavy atom. The number of unbranched alkanes of at least 4 members (excludes halogenated alkanes) is 1. The van der Waals surface area contributed by atoms with Crippen molar-refractivity contribution in [2.24, 2.45) is 0 Å². The Bertz CT molecular complexity index is 853. The molecular formula is C20H35N3O5Si. The fourth-order valence-electron chi connectivity index (χ4n) is 3.00. The molecule has 3 unspecified atom stereocenters. The van der Waals surface area contributed by atoms with Gasteiger partial charge in [0, 0.05) is 18.2 Å². The number of hydrogen-bond donors (Lipinski definition) is 1. The van der Waals surface area contributed by atoms with Gasteiger partial charge in [0.1, 0.15) is 12.3 Å². The highest BCUT2D eigenvalue weighted by Crippen LogP contribution is 2.38. The van der Waals surface area contributed by atoms with Crippen molar-refractivity contribution in [2.75, 3.05) is 6.61 Å². The first-order valence-electron chi connectivity index (χ1n) is 10.3. The van der Waals surface area contributed by atoms with E-state index in [1.165, 1.54) is 10.8 Å². The number of aromatic amines is 1. The number of hydroxylamine groups is 1. The average molecular weight is 426 g/mol. The van der Waals surface area contributed by atoms with E-state index in [2.05, 4.69) is 38.8 Å². The summed E-state index contributed by atoms with van der Waals surface area (Å²) in [5.41, 5.74) is -0.534. The fourth-order valence-corrected chi connectivity index (χ4v) is 4.02. The molecule has 1 aromatic rings. The maximum atomic E-state index is 12.7. The summed E-state index contributed by atoms with van der Waals surface area (Å²) >= 11 is 0. The predicted molar refractivity (Wildman–Crippen MR) is 116 cm³/mol. The molecule has 1 fully saturated rings. The van der Waals surface area contributed by atoms with Crippen LogP contribution in [0, 0.1) is 12.1 Å². The van der Waals surface area contributed by atoms with Crippen LogP contribution < -0.4 is 11.2 Å². The lowest BCUT2D eigenvalue weighted by molar-refractivity contribution is -0.503. The molecule has 8 nitrogen and oxygen atoms in total. The summed E-state index contributed by atoms with van der Waals surface area (Å²) in [6.45, 7) is 14.7. The maximum Gasteiger partial charge on any atom is 0.330 e. The Hall–Kier alpha value is -1.71. The predicted octanol–water partition coefficient (Wildman–Crippen LogP) is 2.90. The summed E-state index contributed by atoms with van der Waals surface area (Å²) in [4.78, 5) is 26.3. The van der Waals surface area contributed by atoms with Crippen LogP contribution in [0.25, 0.3) is 0 Å². The molecule has 1 aliphatic heterocycles. The molecule has 1 aromatic heterocycles. The van der Waals surface area contributed by atoms with Gasteiger partial charge in [-0.15, -0.1) is 0 Å². The van der Waals surface area contributed by atoms with Crippen molar-refractivity contribution in [3.05, 3.63) is 37.8 Å². The molecule has 0 saturated carbocycles. The van der Waals surface area contributed by atoms with E-state index in [9.17, 15) is 14.8 Å². The monoisotopic (exact) mass is 425 g/mol. The van der Waals surface area contributed by atoms with E-state index in [1.807, 2.05) is 6.92 Å². The molecule has 2 heterocycles. The summed E-state index contributed by atoms with van der Waals surface area (Å²) in [5, 5.41) is 12.8. The minimum absolute atomic E-state index is 0.0406. The third kappa shape index (κ3) is 5.46. The fraction of sp³-hybridized carbons (Fsp3) is 0.750. The molecule has 3 atom stereocenters. The first kappa shape index (κ1) is 23.6. The van der Waals surface area contributed by atoms with Gasteiger partial charge >= 0.3 is 5.69 Å². The maximum absolute atomic E-state index is 12.7. The standard InChI is InChI=1S/C20H35N3O5Si/c1-8-9-10-23(26)15-11-17(22-12-14(2)18(24)21-19(22)25)28-16(15)13-27-29(6,7)20(3,4)5/h10,12,15-17H,8-9,11,13H2,1-7H3,(H,21,24,25)/b23-10-. The van der Waals surface area contributed by atoms with Gasteiger partial charge in [0.25, 0.3) is 5.56 Å². The van der Waals surface area contributed by atoms with Crippen LogP contribution in [0.5, 0.6) is 0 Å². The molecular weight excluding hydrogens is 390 g/mol. The number of nitrogens with one attached hydrogen (secondary N) is 1. The van der Waals surface area contributed by atoms with E-state index in [0.29, 0.717) is 25.0 Å². The lowest BCUT2D eigenvalue weighted by atomic mass is 10.1. The SMILES string of the molecule is CCC/C=[N+](\[O-])C1CC(n2cc(C)c(=O)[nH]c2=O)OC1CO[Si](C)(C)C(C)(C)C. The first-order valence-corrected chi connectivity index (χ1v) is 13.2. The summed E-state index contributed by atoms with van der Waals surface area (Å²) in [7, 11) is -2.02. The second-order valence-electron chi connectivity index (χ2n) is 9.31. The van der Waals surface area contributed by atoms with Crippen LogP contribution in [0.4, 0.5) is 0 Å². The molecule has 9 heteroatoms. The lowest BCUT2D eigenvalue weighted by Gasteiger charge is -2.37. The van der Waals surface area contributed by atoms with E-state index in [0.717, 1.165) is 11.2 Å². The van der Waals surface area contributed by atoms with Gasteiger partial charge in [0.15, 0.2) is 20.6 Å². The van der Waals surface area contributed by atoms with E-state index in [1.54, 1.807) is 13.1 Å². The molecule has 0 aliphatic carbocycles. The molecule has 0 spiro atoms. The Morgan fingerprint density at radius 3 is 2.66 bits per heavy atom. The van der Waals surface area contributed by atoms with Gasteiger partial charge in [-0.2, -0.15) is 0 Å². The second-order valence-corrected chi connectivity index (χ2v) is 14.1. The quantitative estimate of drug-likeness (QED) is 0.238. The third-order valence-corrected chi connectivity index (χ3v) is 10.5. The summed E-state index contributed by atoms with van der Waals surface area (Å²) in [5.74, 6) is 0. The number of H-pyrrole nitrogens is 1. The topological polar surface area (TPSA) is 99.4 Å². The van der Waals surface area contributed by atoms with Crippen LogP contribution in [0.2, 0.25) is 18.1 Å². The Labute approximate surface area is 173 Å². The number of aromatic nitrogens is 2. The van der Waals surface area contributed by atoms with Crippen molar-refractivity contribution in [3.63, 3.8) is 0 Å². The Kier molecular flexibility index (Phi) is 7.29. The van der Waals surface area contributed by atoms with Crippen LogP contribution in [0.3, 0.4) is 0 Å². The summed E-state index contributed by atoms with van der Waals surface area (Å²) < 4.78 is 14.7. The minimum Gasteiger partial charge on any atom is -0.624 e. The van der Waals surface area contributed by atoms with Crippen molar-refractivity contribution in [1.82, 2.24) is 9.55 Å². The Balaban J connectivity index is 2.29. The molecule has 0 aromatic carbocycles. The zero-order valence-electron chi connectivity index (χ0n) is 18.7. The normalized spacial score (nSPS) is 23.6. The Morgan fingerprint density at radius 2 is 2.07 bits per heavy atom. The van der Waals surface area contributed by atoms with Crippen molar-refractivity contribution in [3.8, 4) is 0 Å². The van der Waals surface area contributed by atoms with Crippen molar-refractivity contribution >= 4 is 14.5 Å². The number of aryl methyl sites for hydroxylation is 1. The zero-order valence-corrected chi connectivity index (χ0v) is 19.7. The van der Waals surface area contributed by atoms with Gasteiger partial charge in [-0.3, -0.25) is 14.3 Å². The number of nitrogens with zero attached hydrogens (tertiary/aromatic N) is 2. The molecule has 0 bridgehead atoms. The molecule has 1 aliphatic rings. The molecule has 0 amide bonds. The van der Waals surface area contributed by atoms with Crippen molar-refractivity contribution in [2.45, 2.75) is 90.4 Å². The average Bonchev–Trinajstić information content (AvgIpc) is 3.04.